The average molecular weight is 455 g/mol. The van der Waals surface area contributed by atoms with E-state index in [-0.39, 0.29) is 35.2 Å². The number of rotatable bonds is 7. The Morgan fingerprint density at radius 2 is 1.69 bits per heavy atom. The molecule has 0 saturated heterocycles. The molecule has 0 bridgehead atoms. The maximum Gasteiger partial charge on any atom is 0.277 e. The fourth-order valence-electron chi connectivity index (χ4n) is 2.56. The molecule has 1 amide bonds. The molecule has 0 fully saturated rings. The number of carbonyl (C=O) groups is 2. The van der Waals surface area contributed by atoms with Gasteiger partial charge in [0.2, 0.25) is 12.3 Å². The van der Waals surface area contributed by atoms with E-state index in [1.807, 2.05) is 42.5 Å². The molecule has 1 aromatic heterocycles. The SMILES string of the molecule is Br.COc1ccc(/C=N/NC(=O)c2ccc[n+](CC(=O)c3ccccc3)c2)cc1. The highest BCUT2D eigenvalue weighted by Crippen LogP contribution is 2.09. The van der Waals surface area contributed by atoms with E-state index in [9.17, 15) is 9.59 Å². The summed E-state index contributed by atoms with van der Waals surface area (Å²) in [6.07, 6.45) is 4.92. The Balaban J connectivity index is 0.00000300. The number of hydrogen-bond donors (Lipinski definition) is 1. The van der Waals surface area contributed by atoms with Gasteiger partial charge in [-0.25, -0.2) is 5.43 Å². The van der Waals surface area contributed by atoms with Gasteiger partial charge in [-0.2, -0.15) is 9.67 Å². The summed E-state index contributed by atoms with van der Waals surface area (Å²) >= 11 is 0. The summed E-state index contributed by atoms with van der Waals surface area (Å²) in [5.74, 6) is 0.368. The van der Waals surface area contributed by atoms with E-state index in [0.29, 0.717) is 11.1 Å². The van der Waals surface area contributed by atoms with Gasteiger partial charge in [-0.15, -0.1) is 17.0 Å². The molecule has 1 N–H and O–H groups in total. The number of hydrazone groups is 1. The zero-order valence-corrected chi connectivity index (χ0v) is 17.5. The number of pyridine rings is 1. The third kappa shape index (κ3) is 6.36. The molecule has 2 aromatic carbocycles. The quantitative estimate of drug-likeness (QED) is 0.258. The molecule has 0 aliphatic heterocycles. The van der Waals surface area contributed by atoms with Gasteiger partial charge in [0.1, 0.15) is 11.3 Å². The lowest BCUT2D eigenvalue weighted by Crippen LogP contribution is -2.38. The van der Waals surface area contributed by atoms with Crippen LogP contribution in [0.2, 0.25) is 0 Å². The number of methoxy groups -OCH3 is 1. The Morgan fingerprint density at radius 1 is 1.00 bits per heavy atom. The highest BCUT2D eigenvalue weighted by Gasteiger charge is 2.14. The third-order valence-electron chi connectivity index (χ3n) is 4.04. The number of amides is 1. The number of ketones is 1. The molecule has 3 aromatic rings. The fraction of sp³-hybridized carbons (Fsp3) is 0.0909. The molecule has 3 rings (SSSR count). The minimum atomic E-state index is -0.355. The number of ether oxygens (including phenoxy) is 1. The summed E-state index contributed by atoms with van der Waals surface area (Å²) in [6, 6.07) is 19.7. The molecule has 0 aliphatic carbocycles. The molecule has 1 heterocycles. The van der Waals surface area contributed by atoms with Gasteiger partial charge in [0.05, 0.1) is 13.3 Å². The molecular formula is C22H21BrN3O3+. The van der Waals surface area contributed by atoms with Gasteiger partial charge in [0, 0.05) is 11.6 Å². The molecule has 0 atom stereocenters. The lowest BCUT2D eigenvalue weighted by atomic mass is 10.1. The van der Waals surface area contributed by atoms with Crippen LogP contribution in [0.25, 0.3) is 0 Å². The highest BCUT2D eigenvalue weighted by molar-refractivity contribution is 8.93. The Labute approximate surface area is 179 Å². The van der Waals surface area contributed by atoms with E-state index in [1.54, 1.807) is 54.6 Å². The molecule has 0 spiro atoms. The smallest absolute Gasteiger partial charge is 0.277 e. The van der Waals surface area contributed by atoms with Crippen molar-refractivity contribution in [3.63, 3.8) is 0 Å². The van der Waals surface area contributed by atoms with E-state index >= 15 is 0 Å². The van der Waals surface area contributed by atoms with Crippen LogP contribution in [-0.2, 0) is 6.54 Å². The highest BCUT2D eigenvalue weighted by atomic mass is 79.9. The molecule has 0 radical (unpaired) electrons. The molecule has 29 heavy (non-hydrogen) atoms. The Hall–Kier alpha value is -3.32. The van der Waals surface area contributed by atoms with Gasteiger partial charge >= 0.3 is 0 Å². The topological polar surface area (TPSA) is 71.6 Å². The largest absolute Gasteiger partial charge is 0.497 e. The van der Waals surface area contributed by atoms with Gasteiger partial charge in [-0.3, -0.25) is 9.59 Å². The van der Waals surface area contributed by atoms with E-state index in [1.165, 1.54) is 0 Å². The number of Topliss-reactive ketones (excluding diaryl/α,β-unsaturated/α-hetero) is 1. The average Bonchev–Trinajstić information content (AvgIpc) is 2.75. The zero-order valence-electron chi connectivity index (χ0n) is 15.8. The van der Waals surface area contributed by atoms with Gasteiger partial charge in [0.25, 0.3) is 5.91 Å². The van der Waals surface area contributed by atoms with Crippen molar-refractivity contribution in [2.24, 2.45) is 5.10 Å². The standard InChI is InChI=1S/C22H19N3O3.BrH/c1-28-20-11-9-17(10-12-20)14-23-24-22(27)19-8-5-13-25(15-19)16-21(26)18-6-3-2-4-7-18;/h2-15H,16H2,1H3;1H/p+1/b23-14+;. The minimum absolute atomic E-state index is 0. The zero-order chi connectivity index (χ0) is 19.8. The number of carbonyl (C=O) groups excluding carboxylic acids is 2. The molecule has 148 valence electrons. The molecule has 6 nitrogen and oxygen atoms in total. The van der Waals surface area contributed by atoms with Crippen LogP contribution in [-0.4, -0.2) is 25.0 Å². The third-order valence-corrected chi connectivity index (χ3v) is 4.04. The summed E-state index contributed by atoms with van der Waals surface area (Å²) in [5, 5.41) is 3.97. The second kappa shape index (κ2) is 10.9. The number of halogens is 1. The van der Waals surface area contributed by atoms with Crippen LogP contribution in [0.3, 0.4) is 0 Å². The van der Waals surface area contributed by atoms with Crippen LogP contribution in [0.15, 0.2) is 84.2 Å². The second-order valence-corrected chi connectivity index (χ2v) is 6.03. The van der Waals surface area contributed by atoms with Crippen molar-refractivity contribution in [3.8, 4) is 5.75 Å². The number of aromatic nitrogens is 1. The predicted octanol–water partition coefficient (Wildman–Crippen LogP) is 3.21. The predicted molar refractivity (Wildman–Crippen MR) is 116 cm³/mol. The lowest BCUT2D eigenvalue weighted by Gasteiger charge is -2.01. The molecule has 0 saturated carbocycles. The number of nitrogens with one attached hydrogen (secondary N) is 1. The Bertz CT molecular complexity index is 990. The minimum Gasteiger partial charge on any atom is -0.497 e. The van der Waals surface area contributed by atoms with E-state index < -0.39 is 0 Å². The number of hydrogen-bond acceptors (Lipinski definition) is 4. The van der Waals surface area contributed by atoms with E-state index in [2.05, 4.69) is 10.5 Å². The fourth-order valence-corrected chi connectivity index (χ4v) is 2.56. The van der Waals surface area contributed by atoms with Crippen molar-refractivity contribution < 1.29 is 18.9 Å². The van der Waals surface area contributed by atoms with E-state index in [4.69, 9.17) is 4.74 Å². The second-order valence-electron chi connectivity index (χ2n) is 6.03. The van der Waals surface area contributed by atoms with Crippen LogP contribution in [0.4, 0.5) is 0 Å². The summed E-state index contributed by atoms with van der Waals surface area (Å²) in [5.41, 5.74) is 4.37. The Morgan fingerprint density at radius 3 is 2.38 bits per heavy atom. The molecular weight excluding hydrogens is 434 g/mol. The van der Waals surface area contributed by atoms with Gasteiger partial charge < -0.3 is 4.74 Å². The van der Waals surface area contributed by atoms with Crippen LogP contribution in [0.1, 0.15) is 26.3 Å². The first-order chi connectivity index (χ1) is 13.7. The number of benzene rings is 2. The summed E-state index contributed by atoms with van der Waals surface area (Å²) in [7, 11) is 1.60. The van der Waals surface area contributed by atoms with Crippen LogP contribution in [0.5, 0.6) is 5.75 Å². The van der Waals surface area contributed by atoms with Crippen LogP contribution < -0.4 is 14.7 Å². The first kappa shape index (κ1) is 22.0. The van der Waals surface area contributed by atoms with Crippen molar-refractivity contribution in [2.75, 3.05) is 7.11 Å². The van der Waals surface area contributed by atoms with Crippen LogP contribution >= 0.6 is 17.0 Å². The first-order valence-electron chi connectivity index (χ1n) is 8.70. The van der Waals surface area contributed by atoms with Crippen molar-refractivity contribution in [3.05, 3.63) is 95.8 Å². The summed E-state index contributed by atoms with van der Waals surface area (Å²) in [4.78, 5) is 24.6. The normalized spacial score (nSPS) is 10.2. The van der Waals surface area contributed by atoms with Gasteiger partial charge in [-0.1, -0.05) is 30.3 Å². The molecule has 0 unspecified atom stereocenters. The van der Waals surface area contributed by atoms with Crippen molar-refractivity contribution >= 4 is 34.9 Å². The lowest BCUT2D eigenvalue weighted by molar-refractivity contribution is -0.683. The maximum absolute atomic E-state index is 12.3. The van der Waals surface area contributed by atoms with Gasteiger partial charge in [-0.05, 0) is 35.9 Å². The number of nitrogens with zero attached hydrogens (tertiary/aromatic N) is 2. The summed E-state index contributed by atoms with van der Waals surface area (Å²) in [6.45, 7) is 0.153. The molecule has 0 aliphatic rings. The van der Waals surface area contributed by atoms with Gasteiger partial charge in [0.15, 0.2) is 12.4 Å². The summed E-state index contributed by atoms with van der Waals surface area (Å²) < 4.78 is 6.77. The maximum atomic E-state index is 12.3. The van der Waals surface area contributed by atoms with Crippen LogP contribution in [0, 0.1) is 0 Å². The van der Waals surface area contributed by atoms with Crippen molar-refractivity contribution in [1.82, 2.24) is 5.43 Å². The van der Waals surface area contributed by atoms with Crippen molar-refractivity contribution in [1.29, 1.82) is 0 Å². The Kier molecular flexibility index (Phi) is 8.24. The monoisotopic (exact) mass is 454 g/mol. The first-order valence-corrected chi connectivity index (χ1v) is 8.70. The van der Waals surface area contributed by atoms with E-state index in [0.717, 1.165) is 11.3 Å². The molecule has 7 heteroatoms. The van der Waals surface area contributed by atoms with Crippen molar-refractivity contribution in [2.45, 2.75) is 6.54 Å².